The number of piperidine rings is 1. The van der Waals surface area contributed by atoms with E-state index in [0.717, 1.165) is 25.0 Å². The smallest absolute Gasteiger partial charge is 0.416 e. The van der Waals surface area contributed by atoms with Crippen LogP contribution in [0.25, 0.3) is 0 Å². The molecule has 6 nitrogen and oxygen atoms in total. The normalized spacial score (nSPS) is 24.5. The number of hydrogen-bond donors (Lipinski definition) is 1. The van der Waals surface area contributed by atoms with Crippen LogP contribution in [0.15, 0.2) is 36.5 Å². The summed E-state index contributed by atoms with van der Waals surface area (Å²) in [6.07, 6.45) is 1.38. The molecule has 3 heterocycles. The van der Waals surface area contributed by atoms with Gasteiger partial charge in [-0.3, -0.25) is 4.79 Å². The first-order chi connectivity index (χ1) is 13.8. The highest BCUT2D eigenvalue weighted by Crippen LogP contribution is 2.34. The number of fused-ring (bicyclic) bond motifs is 2. The van der Waals surface area contributed by atoms with Crippen LogP contribution < -0.4 is 10.1 Å². The van der Waals surface area contributed by atoms with Crippen molar-refractivity contribution in [3.05, 3.63) is 47.8 Å². The van der Waals surface area contributed by atoms with Crippen molar-refractivity contribution < 1.29 is 22.7 Å². The second-order valence-electron chi connectivity index (χ2n) is 7.73. The number of carbonyl (C=O) groups is 1. The van der Waals surface area contributed by atoms with Gasteiger partial charge in [-0.25, -0.2) is 4.68 Å². The average molecular weight is 408 g/mol. The van der Waals surface area contributed by atoms with Gasteiger partial charge in [-0.1, -0.05) is 6.07 Å². The molecule has 2 unspecified atom stereocenters. The summed E-state index contributed by atoms with van der Waals surface area (Å²) in [5.41, 5.74) is -0.508. The Morgan fingerprint density at radius 2 is 1.97 bits per heavy atom. The molecule has 2 aliphatic rings. The first kappa shape index (κ1) is 19.8. The fourth-order valence-electron chi connectivity index (χ4n) is 4.25. The van der Waals surface area contributed by atoms with E-state index >= 15 is 0 Å². The van der Waals surface area contributed by atoms with Crippen LogP contribution in [0.5, 0.6) is 5.75 Å². The van der Waals surface area contributed by atoms with E-state index in [-0.39, 0.29) is 30.1 Å². The number of nitrogens with one attached hydrogen (secondary N) is 1. The maximum atomic E-state index is 12.8. The van der Waals surface area contributed by atoms with E-state index < -0.39 is 11.7 Å². The van der Waals surface area contributed by atoms with Crippen molar-refractivity contribution in [1.29, 1.82) is 0 Å². The predicted octanol–water partition coefficient (Wildman–Crippen LogP) is 3.29. The summed E-state index contributed by atoms with van der Waals surface area (Å²) in [5, 5.41) is 7.24. The van der Waals surface area contributed by atoms with Crippen LogP contribution in [0, 0.1) is 0 Å². The zero-order chi connectivity index (χ0) is 20.6. The highest BCUT2D eigenvalue weighted by atomic mass is 19.4. The van der Waals surface area contributed by atoms with Crippen molar-refractivity contribution in [3.8, 4) is 5.75 Å². The lowest BCUT2D eigenvalue weighted by Gasteiger charge is -2.36. The van der Waals surface area contributed by atoms with Gasteiger partial charge in [-0.2, -0.15) is 18.3 Å². The van der Waals surface area contributed by atoms with Gasteiger partial charge >= 0.3 is 6.18 Å². The number of hydrogen-bond acceptors (Lipinski definition) is 4. The van der Waals surface area contributed by atoms with Gasteiger partial charge in [0.25, 0.3) is 5.91 Å². The Morgan fingerprint density at radius 3 is 2.66 bits per heavy atom. The van der Waals surface area contributed by atoms with E-state index in [1.54, 1.807) is 12.3 Å². The molecule has 2 saturated heterocycles. The third-order valence-electron chi connectivity index (χ3n) is 5.83. The molecule has 1 amide bonds. The number of alkyl halides is 3. The molecule has 2 fully saturated rings. The molecular formula is C20H23F3N4O2. The van der Waals surface area contributed by atoms with Gasteiger partial charge in [0.2, 0.25) is 0 Å². The van der Waals surface area contributed by atoms with Gasteiger partial charge in [-0.15, -0.1) is 0 Å². The van der Waals surface area contributed by atoms with E-state index in [1.165, 1.54) is 29.7 Å². The van der Waals surface area contributed by atoms with Crippen molar-refractivity contribution >= 4 is 5.91 Å². The quantitative estimate of drug-likeness (QED) is 0.825. The second kappa shape index (κ2) is 7.70. The standard InChI is InChI=1S/C20H23F3N4O2/c1-26-15-5-6-16(26)11-14(10-15)24-19(28)18-7-8-27(25-18)12-29-17-4-2-3-13(9-17)20(21,22)23/h2-4,7-9,14-16H,5-6,10-12H2,1H3,(H,24,28). The molecule has 0 saturated carbocycles. The van der Waals surface area contributed by atoms with Gasteiger partial charge in [-0.05, 0) is 57.0 Å². The topological polar surface area (TPSA) is 59.4 Å². The summed E-state index contributed by atoms with van der Waals surface area (Å²) < 4.78 is 45.1. The van der Waals surface area contributed by atoms with Gasteiger partial charge in [0.05, 0.1) is 5.56 Å². The average Bonchev–Trinajstić information content (AvgIpc) is 3.22. The zero-order valence-corrected chi connectivity index (χ0v) is 16.0. The SMILES string of the molecule is CN1C2CCC1CC(NC(=O)c1ccn(COc3cccc(C(F)(F)F)c3)n1)C2. The monoisotopic (exact) mass is 408 g/mol. The number of ether oxygens (including phenoxy) is 1. The molecule has 2 aromatic rings. The highest BCUT2D eigenvalue weighted by molar-refractivity contribution is 5.92. The predicted molar refractivity (Wildman–Crippen MR) is 99.4 cm³/mol. The molecule has 1 aromatic carbocycles. The van der Waals surface area contributed by atoms with E-state index in [2.05, 4.69) is 22.4 Å². The number of amides is 1. The van der Waals surface area contributed by atoms with Crippen molar-refractivity contribution in [3.63, 3.8) is 0 Å². The number of aromatic nitrogens is 2. The Bertz CT molecular complexity index is 869. The van der Waals surface area contributed by atoms with Crippen molar-refractivity contribution in [2.75, 3.05) is 7.05 Å². The Morgan fingerprint density at radius 1 is 1.24 bits per heavy atom. The molecule has 9 heteroatoms. The van der Waals surface area contributed by atoms with Gasteiger partial charge in [0.15, 0.2) is 6.73 Å². The van der Waals surface area contributed by atoms with Crippen LogP contribution in [0.1, 0.15) is 41.7 Å². The molecule has 0 radical (unpaired) electrons. The molecule has 2 bridgehead atoms. The summed E-state index contributed by atoms with van der Waals surface area (Å²) >= 11 is 0. The molecule has 4 rings (SSSR count). The van der Waals surface area contributed by atoms with Gasteiger partial charge < -0.3 is 15.0 Å². The van der Waals surface area contributed by atoms with Crippen molar-refractivity contribution in [2.45, 2.75) is 56.7 Å². The summed E-state index contributed by atoms with van der Waals surface area (Å²) in [6, 6.07) is 7.42. The molecule has 29 heavy (non-hydrogen) atoms. The fourth-order valence-corrected chi connectivity index (χ4v) is 4.25. The van der Waals surface area contributed by atoms with Crippen LogP contribution in [0.4, 0.5) is 13.2 Å². The molecule has 1 aromatic heterocycles. The summed E-state index contributed by atoms with van der Waals surface area (Å²) in [4.78, 5) is 14.9. The van der Waals surface area contributed by atoms with E-state index in [9.17, 15) is 18.0 Å². The Labute approximate surface area is 166 Å². The van der Waals surface area contributed by atoms with E-state index in [4.69, 9.17) is 4.74 Å². The molecule has 0 aliphatic carbocycles. The second-order valence-corrected chi connectivity index (χ2v) is 7.73. The minimum atomic E-state index is -4.43. The first-order valence-electron chi connectivity index (χ1n) is 9.66. The summed E-state index contributed by atoms with van der Waals surface area (Å²) in [5.74, 6) is -0.153. The Kier molecular flexibility index (Phi) is 5.24. The number of nitrogens with zero attached hydrogens (tertiary/aromatic N) is 3. The zero-order valence-electron chi connectivity index (χ0n) is 16.0. The molecule has 1 N–H and O–H groups in total. The lowest BCUT2D eigenvalue weighted by molar-refractivity contribution is -0.137. The highest BCUT2D eigenvalue weighted by Gasteiger charge is 2.39. The Balaban J connectivity index is 1.32. The van der Waals surface area contributed by atoms with Crippen LogP contribution in [0.3, 0.4) is 0 Å². The number of benzene rings is 1. The van der Waals surface area contributed by atoms with Crippen LogP contribution in [0.2, 0.25) is 0 Å². The molecule has 0 spiro atoms. The molecule has 2 atom stereocenters. The van der Waals surface area contributed by atoms with E-state index in [0.29, 0.717) is 12.1 Å². The minimum absolute atomic E-state index is 0.0862. The van der Waals surface area contributed by atoms with E-state index in [1.807, 2.05) is 0 Å². The maximum Gasteiger partial charge on any atom is 0.416 e. The third kappa shape index (κ3) is 4.39. The van der Waals surface area contributed by atoms with Gasteiger partial charge in [0.1, 0.15) is 11.4 Å². The number of halogens is 3. The molecule has 2 aliphatic heterocycles. The minimum Gasteiger partial charge on any atom is -0.471 e. The maximum absolute atomic E-state index is 12.8. The lowest BCUT2D eigenvalue weighted by Crippen LogP contribution is -2.48. The number of carbonyl (C=O) groups excluding carboxylic acids is 1. The Hall–Kier alpha value is -2.55. The van der Waals surface area contributed by atoms with Gasteiger partial charge in [0, 0.05) is 24.3 Å². The fraction of sp³-hybridized carbons (Fsp3) is 0.500. The van der Waals surface area contributed by atoms with Crippen LogP contribution in [-0.4, -0.2) is 45.8 Å². The van der Waals surface area contributed by atoms with Crippen LogP contribution in [-0.2, 0) is 12.9 Å². The third-order valence-corrected chi connectivity index (χ3v) is 5.83. The molecular weight excluding hydrogens is 385 g/mol. The van der Waals surface area contributed by atoms with Crippen molar-refractivity contribution in [1.82, 2.24) is 20.0 Å². The summed E-state index contributed by atoms with van der Waals surface area (Å²) in [7, 11) is 2.15. The first-order valence-corrected chi connectivity index (χ1v) is 9.66. The lowest BCUT2D eigenvalue weighted by atomic mass is 9.98. The summed E-state index contributed by atoms with van der Waals surface area (Å²) in [6.45, 7) is -0.0903. The largest absolute Gasteiger partial charge is 0.471 e. The molecule has 156 valence electrons. The van der Waals surface area contributed by atoms with Crippen LogP contribution >= 0.6 is 0 Å². The number of rotatable bonds is 5. The van der Waals surface area contributed by atoms with Crippen molar-refractivity contribution in [2.24, 2.45) is 0 Å².